The van der Waals surface area contributed by atoms with Crippen molar-refractivity contribution in [3.63, 3.8) is 0 Å². The van der Waals surface area contributed by atoms with E-state index in [2.05, 4.69) is 31.5 Å². The monoisotopic (exact) mass is 315 g/mol. The lowest BCUT2D eigenvalue weighted by atomic mass is 10.3. The highest BCUT2D eigenvalue weighted by molar-refractivity contribution is 9.10. The van der Waals surface area contributed by atoms with E-state index in [1.807, 2.05) is 18.2 Å². The maximum Gasteiger partial charge on any atom is 0.321 e. The van der Waals surface area contributed by atoms with Crippen molar-refractivity contribution in [1.29, 1.82) is 0 Å². The number of hydrogen-bond donors (Lipinski definition) is 3. The summed E-state index contributed by atoms with van der Waals surface area (Å²) in [5, 5.41) is 14.2. The molecule has 0 aliphatic rings. The number of carbonyl (C=O) groups is 1. The second kappa shape index (κ2) is 5.44. The third-order valence-electron chi connectivity index (χ3n) is 1.97. The van der Waals surface area contributed by atoms with E-state index in [0.717, 1.165) is 14.7 Å². The van der Waals surface area contributed by atoms with Gasteiger partial charge in [-0.1, -0.05) is 27.3 Å². The Labute approximate surface area is 110 Å². The Morgan fingerprint density at radius 2 is 2.35 bits per heavy atom. The molecule has 90 valence electrons. The van der Waals surface area contributed by atoms with Crippen molar-refractivity contribution in [2.75, 3.05) is 18.5 Å². The van der Waals surface area contributed by atoms with Crippen molar-refractivity contribution >= 4 is 48.6 Å². The summed E-state index contributed by atoms with van der Waals surface area (Å²) in [6.07, 6.45) is 0. The standard InChI is InChI=1S/C10H10BrN3O2S/c11-6-1-2-7-8(5-6)17-10(13-7)14-9(16)12-3-4-15/h1-2,5,15H,3-4H2,(H2,12,13,14,16). The molecule has 0 spiro atoms. The molecular weight excluding hydrogens is 306 g/mol. The van der Waals surface area contributed by atoms with Gasteiger partial charge in [0, 0.05) is 11.0 Å². The molecule has 0 saturated heterocycles. The van der Waals surface area contributed by atoms with E-state index >= 15 is 0 Å². The van der Waals surface area contributed by atoms with Crippen molar-refractivity contribution < 1.29 is 9.90 Å². The van der Waals surface area contributed by atoms with Gasteiger partial charge in [-0.25, -0.2) is 9.78 Å². The van der Waals surface area contributed by atoms with Gasteiger partial charge in [-0.2, -0.15) is 0 Å². The van der Waals surface area contributed by atoms with Gasteiger partial charge in [0.05, 0.1) is 16.8 Å². The van der Waals surface area contributed by atoms with Crippen LogP contribution in [0.25, 0.3) is 10.2 Å². The van der Waals surface area contributed by atoms with Crippen LogP contribution in [0.4, 0.5) is 9.93 Å². The molecule has 2 amide bonds. The fourth-order valence-corrected chi connectivity index (χ4v) is 2.68. The summed E-state index contributed by atoms with van der Waals surface area (Å²) in [6, 6.07) is 5.37. The average molecular weight is 316 g/mol. The summed E-state index contributed by atoms with van der Waals surface area (Å²) in [4.78, 5) is 15.6. The van der Waals surface area contributed by atoms with Gasteiger partial charge in [0.2, 0.25) is 0 Å². The topological polar surface area (TPSA) is 74.2 Å². The quantitative estimate of drug-likeness (QED) is 0.812. The third-order valence-corrected chi connectivity index (χ3v) is 3.40. The van der Waals surface area contributed by atoms with Crippen LogP contribution < -0.4 is 10.6 Å². The molecule has 1 aromatic carbocycles. The highest BCUT2D eigenvalue weighted by atomic mass is 79.9. The molecule has 0 atom stereocenters. The van der Waals surface area contributed by atoms with Crippen molar-refractivity contribution in [3.8, 4) is 0 Å². The average Bonchev–Trinajstić information content (AvgIpc) is 2.67. The zero-order valence-corrected chi connectivity index (χ0v) is 11.1. The number of aliphatic hydroxyl groups is 1. The van der Waals surface area contributed by atoms with Gasteiger partial charge in [0.25, 0.3) is 0 Å². The Kier molecular flexibility index (Phi) is 3.93. The number of nitrogens with zero attached hydrogens (tertiary/aromatic N) is 1. The second-order valence-corrected chi connectivity index (χ2v) is 5.18. The van der Waals surface area contributed by atoms with Gasteiger partial charge in [0.15, 0.2) is 5.13 Å². The van der Waals surface area contributed by atoms with Crippen LogP contribution in [-0.4, -0.2) is 29.3 Å². The second-order valence-electron chi connectivity index (χ2n) is 3.24. The molecule has 5 nitrogen and oxygen atoms in total. The number of fused-ring (bicyclic) bond motifs is 1. The number of amides is 2. The number of thiazole rings is 1. The Hall–Kier alpha value is -1.18. The molecule has 17 heavy (non-hydrogen) atoms. The van der Waals surface area contributed by atoms with Gasteiger partial charge in [-0.05, 0) is 18.2 Å². The number of aromatic nitrogens is 1. The number of hydrogen-bond acceptors (Lipinski definition) is 4. The third kappa shape index (κ3) is 3.15. The number of nitrogens with one attached hydrogen (secondary N) is 2. The van der Waals surface area contributed by atoms with Crippen molar-refractivity contribution in [1.82, 2.24) is 10.3 Å². The van der Waals surface area contributed by atoms with E-state index in [4.69, 9.17) is 5.11 Å². The summed E-state index contributed by atoms with van der Waals surface area (Å²) in [5.74, 6) is 0. The predicted molar refractivity (Wildman–Crippen MR) is 71.4 cm³/mol. The van der Waals surface area contributed by atoms with E-state index < -0.39 is 0 Å². The van der Waals surface area contributed by atoms with Crippen LogP contribution in [0, 0.1) is 0 Å². The smallest absolute Gasteiger partial charge is 0.321 e. The lowest BCUT2D eigenvalue weighted by molar-refractivity contribution is 0.245. The largest absolute Gasteiger partial charge is 0.395 e. The van der Waals surface area contributed by atoms with Crippen LogP contribution in [0.15, 0.2) is 22.7 Å². The van der Waals surface area contributed by atoms with Crippen LogP contribution in [0.2, 0.25) is 0 Å². The number of aliphatic hydroxyl groups excluding tert-OH is 1. The number of halogens is 1. The highest BCUT2D eigenvalue weighted by Crippen LogP contribution is 2.28. The Balaban J connectivity index is 2.11. The molecule has 2 aromatic rings. The van der Waals surface area contributed by atoms with E-state index in [1.54, 1.807) is 0 Å². The first kappa shape index (κ1) is 12.3. The molecule has 7 heteroatoms. The summed E-state index contributed by atoms with van der Waals surface area (Å²) >= 11 is 4.78. The van der Waals surface area contributed by atoms with Crippen molar-refractivity contribution in [2.24, 2.45) is 0 Å². The van der Waals surface area contributed by atoms with Crippen LogP contribution >= 0.6 is 27.3 Å². The Morgan fingerprint density at radius 1 is 1.53 bits per heavy atom. The minimum Gasteiger partial charge on any atom is -0.395 e. The Bertz CT molecular complexity index is 543. The maximum absolute atomic E-state index is 11.3. The van der Waals surface area contributed by atoms with Crippen LogP contribution in [0.3, 0.4) is 0 Å². The number of anilines is 1. The number of carbonyl (C=O) groups excluding carboxylic acids is 1. The van der Waals surface area contributed by atoms with Crippen LogP contribution in [0.1, 0.15) is 0 Å². The van der Waals surface area contributed by atoms with Crippen LogP contribution in [0.5, 0.6) is 0 Å². The van der Waals surface area contributed by atoms with Crippen molar-refractivity contribution in [2.45, 2.75) is 0 Å². The molecule has 0 bridgehead atoms. The minimum atomic E-state index is -0.364. The van der Waals surface area contributed by atoms with Gasteiger partial charge < -0.3 is 10.4 Å². The Morgan fingerprint density at radius 3 is 3.12 bits per heavy atom. The zero-order valence-electron chi connectivity index (χ0n) is 8.74. The van der Waals surface area contributed by atoms with E-state index in [1.165, 1.54) is 11.3 Å². The first-order chi connectivity index (χ1) is 8.19. The maximum atomic E-state index is 11.3. The lowest BCUT2D eigenvalue weighted by Gasteiger charge is -2.01. The van der Waals surface area contributed by atoms with E-state index in [9.17, 15) is 4.79 Å². The molecule has 0 aliphatic heterocycles. The summed E-state index contributed by atoms with van der Waals surface area (Å²) in [7, 11) is 0. The molecule has 0 radical (unpaired) electrons. The molecule has 0 saturated carbocycles. The minimum absolute atomic E-state index is 0.0831. The predicted octanol–water partition coefficient (Wildman–Crippen LogP) is 2.17. The summed E-state index contributed by atoms with van der Waals surface area (Å²) in [5.41, 5.74) is 0.843. The van der Waals surface area contributed by atoms with Gasteiger partial charge in [-0.15, -0.1) is 0 Å². The van der Waals surface area contributed by atoms with Gasteiger partial charge in [-0.3, -0.25) is 5.32 Å². The summed E-state index contributed by atoms with van der Waals surface area (Å²) < 4.78 is 1.97. The highest BCUT2D eigenvalue weighted by Gasteiger charge is 2.07. The summed E-state index contributed by atoms with van der Waals surface area (Å²) in [6.45, 7) is 0.141. The molecule has 3 N–H and O–H groups in total. The number of benzene rings is 1. The van der Waals surface area contributed by atoms with Crippen LogP contribution in [-0.2, 0) is 0 Å². The molecule has 0 aliphatic carbocycles. The number of rotatable bonds is 3. The molecule has 1 aromatic heterocycles. The van der Waals surface area contributed by atoms with Crippen molar-refractivity contribution in [3.05, 3.63) is 22.7 Å². The van der Waals surface area contributed by atoms with E-state index in [-0.39, 0.29) is 19.2 Å². The molecule has 1 heterocycles. The zero-order chi connectivity index (χ0) is 12.3. The lowest BCUT2D eigenvalue weighted by Crippen LogP contribution is -2.30. The molecule has 2 rings (SSSR count). The molecule has 0 fully saturated rings. The fourth-order valence-electron chi connectivity index (χ4n) is 1.26. The molecular formula is C10H10BrN3O2S. The SMILES string of the molecule is O=C(NCCO)Nc1nc2ccc(Br)cc2s1. The normalized spacial score (nSPS) is 10.5. The molecule has 0 unspecified atom stereocenters. The van der Waals surface area contributed by atoms with Gasteiger partial charge in [0.1, 0.15) is 0 Å². The number of urea groups is 1. The fraction of sp³-hybridized carbons (Fsp3) is 0.200. The van der Waals surface area contributed by atoms with Gasteiger partial charge >= 0.3 is 6.03 Å². The first-order valence-corrected chi connectivity index (χ1v) is 6.52. The first-order valence-electron chi connectivity index (χ1n) is 4.91. The van der Waals surface area contributed by atoms with E-state index in [0.29, 0.717) is 5.13 Å².